The van der Waals surface area contributed by atoms with E-state index >= 15 is 0 Å². The molecule has 0 aliphatic heterocycles. The Morgan fingerprint density at radius 2 is 2.00 bits per heavy atom. The first-order valence-electron chi connectivity index (χ1n) is 5.71. The molecule has 2 rings (SSSR count). The van der Waals surface area contributed by atoms with Crippen molar-refractivity contribution in [1.29, 1.82) is 0 Å². The van der Waals surface area contributed by atoms with Gasteiger partial charge in [0.05, 0.1) is 5.56 Å². The quantitative estimate of drug-likeness (QED) is 0.828. The molecule has 3 nitrogen and oxygen atoms in total. The van der Waals surface area contributed by atoms with Gasteiger partial charge < -0.3 is 5.73 Å². The van der Waals surface area contributed by atoms with Gasteiger partial charge in [-0.15, -0.1) is 0 Å². The van der Waals surface area contributed by atoms with Gasteiger partial charge in [-0.1, -0.05) is 6.07 Å². The molecule has 19 heavy (non-hydrogen) atoms. The summed E-state index contributed by atoms with van der Waals surface area (Å²) in [5.41, 5.74) is 3.79. The summed E-state index contributed by atoms with van der Waals surface area (Å²) >= 11 is 0. The van der Waals surface area contributed by atoms with Crippen molar-refractivity contribution in [2.45, 2.75) is 31.1 Å². The molecule has 0 heterocycles. The van der Waals surface area contributed by atoms with Crippen LogP contribution in [0.25, 0.3) is 0 Å². The van der Waals surface area contributed by atoms with Gasteiger partial charge in [-0.05, 0) is 30.5 Å². The minimum Gasteiger partial charge on any atom is -0.368 e. The Balaban J connectivity index is 2.34. The van der Waals surface area contributed by atoms with Crippen LogP contribution in [0.3, 0.4) is 0 Å². The van der Waals surface area contributed by atoms with E-state index in [9.17, 15) is 22.4 Å². The molecule has 3 N–H and O–H groups in total. The Labute approximate surface area is 106 Å². The van der Waals surface area contributed by atoms with Gasteiger partial charge in [0.15, 0.2) is 0 Å². The van der Waals surface area contributed by atoms with E-state index in [0.717, 1.165) is 18.9 Å². The van der Waals surface area contributed by atoms with Crippen molar-refractivity contribution in [3.63, 3.8) is 0 Å². The van der Waals surface area contributed by atoms with Crippen LogP contribution in [0.15, 0.2) is 18.2 Å². The minimum atomic E-state index is -4.80. The van der Waals surface area contributed by atoms with Crippen molar-refractivity contribution < 1.29 is 22.4 Å². The van der Waals surface area contributed by atoms with E-state index < -0.39 is 29.5 Å². The zero-order chi connectivity index (χ0) is 14.2. The number of carbonyl (C=O) groups excluding carboxylic acids is 1. The summed E-state index contributed by atoms with van der Waals surface area (Å²) in [7, 11) is 0. The Hall–Kier alpha value is -1.63. The van der Waals surface area contributed by atoms with Crippen molar-refractivity contribution in [1.82, 2.24) is 5.32 Å². The van der Waals surface area contributed by atoms with E-state index in [1.807, 2.05) is 0 Å². The van der Waals surface area contributed by atoms with Gasteiger partial charge in [-0.25, -0.2) is 4.39 Å². The maximum atomic E-state index is 13.1. The Morgan fingerprint density at radius 1 is 1.37 bits per heavy atom. The van der Waals surface area contributed by atoms with Crippen molar-refractivity contribution in [2.24, 2.45) is 5.73 Å². The van der Waals surface area contributed by atoms with E-state index in [2.05, 4.69) is 5.32 Å². The van der Waals surface area contributed by atoms with Crippen LogP contribution in [0.1, 0.15) is 30.0 Å². The number of primary amides is 1. The fourth-order valence-corrected chi connectivity index (χ4v) is 1.77. The predicted octanol–water partition coefficient (Wildman–Crippen LogP) is 2.12. The number of hydrogen-bond acceptors (Lipinski definition) is 2. The summed E-state index contributed by atoms with van der Waals surface area (Å²) in [5, 5.41) is 2.84. The summed E-state index contributed by atoms with van der Waals surface area (Å²) < 4.78 is 50.9. The molecule has 1 aromatic carbocycles. The highest BCUT2D eigenvalue weighted by Crippen LogP contribution is 2.33. The third-order valence-electron chi connectivity index (χ3n) is 2.89. The maximum Gasteiger partial charge on any atom is 0.419 e. The molecule has 1 saturated carbocycles. The fourth-order valence-electron chi connectivity index (χ4n) is 1.77. The molecule has 7 heteroatoms. The van der Waals surface area contributed by atoms with E-state index in [4.69, 9.17) is 5.73 Å². The molecule has 104 valence electrons. The molecule has 1 fully saturated rings. The molecule has 0 radical (unpaired) electrons. The number of nitrogens with two attached hydrogens (primary N) is 1. The number of alkyl halides is 3. The maximum absolute atomic E-state index is 13.1. The zero-order valence-corrected chi connectivity index (χ0v) is 9.80. The molecule has 1 atom stereocenters. The first-order chi connectivity index (χ1) is 8.79. The third kappa shape index (κ3) is 3.23. The second-order valence-electron chi connectivity index (χ2n) is 4.51. The van der Waals surface area contributed by atoms with Crippen LogP contribution < -0.4 is 11.1 Å². The first kappa shape index (κ1) is 13.8. The van der Waals surface area contributed by atoms with Gasteiger partial charge in [0.2, 0.25) is 5.91 Å². The summed E-state index contributed by atoms with van der Waals surface area (Å²) in [6.07, 6.45) is -3.12. The fraction of sp³-hybridized carbons (Fsp3) is 0.417. The van der Waals surface area contributed by atoms with Gasteiger partial charge in [-0.2, -0.15) is 13.2 Å². The predicted molar refractivity (Wildman–Crippen MR) is 59.5 cm³/mol. The molecule has 1 aromatic rings. The number of benzene rings is 1. The molecular formula is C12H12F4N2O. The largest absolute Gasteiger partial charge is 0.419 e. The standard InChI is InChI=1S/C12H12F4N2O/c13-9-4-1-6(5-8(9)12(14,15)16)10(11(17)19)18-7-2-3-7/h1,4-5,7,10,18H,2-3H2,(H2,17,19). The van der Waals surface area contributed by atoms with E-state index in [0.29, 0.717) is 12.1 Å². The molecule has 0 saturated heterocycles. The summed E-state index contributed by atoms with van der Waals surface area (Å²) in [5.74, 6) is -2.16. The third-order valence-corrected chi connectivity index (χ3v) is 2.89. The number of nitrogens with one attached hydrogen (secondary N) is 1. The van der Waals surface area contributed by atoms with Crippen molar-refractivity contribution in [3.05, 3.63) is 35.1 Å². The molecule has 0 bridgehead atoms. The summed E-state index contributed by atoms with van der Waals surface area (Å²) in [4.78, 5) is 11.3. The van der Waals surface area contributed by atoms with Crippen LogP contribution in [0.2, 0.25) is 0 Å². The Kier molecular flexibility index (Phi) is 3.49. The lowest BCUT2D eigenvalue weighted by Crippen LogP contribution is -2.35. The summed E-state index contributed by atoms with van der Waals surface area (Å²) in [6.45, 7) is 0. The Morgan fingerprint density at radius 3 is 2.47 bits per heavy atom. The lowest BCUT2D eigenvalue weighted by molar-refractivity contribution is -0.140. The van der Waals surface area contributed by atoms with Gasteiger partial charge in [0.25, 0.3) is 0 Å². The van der Waals surface area contributed by atoms with Gasteiger partial charge in [-0.3, -0.25) is 10.1 Å². The smallest absolute Gasteiger partial charge is 0.368 e. The van der Waals surface area contributed by atoms with Crippen LogP contribution >= 0.6 is 0 Å². The number of hydrogen-bond donors (Lipinski definition) is 2. The second kappa shape index (κ2) is 4.80. The Bertz CT molecular complexity index is 497. The monoisotopic (exact) mass is 276 g/mol. The van der Waals surface area contributed by atoms with Gasteiger partial charge in [0, 0.05) is 6.04 Å². The van der Waals surface area contributed by atoms with Crippen LogP contribution in [0, 0.1) is 5.82 Å². The van der Waals surface area contributed by atoms with Crippen LogP contribution in [0.5, 0.6) is 0 Å². The van der Waals surface area contributed by atoms with Gasteiger partial charge in [0.1, 0.15) is 11.9 Å². The van der Waals surface area contributed by atoms with Crippen LogP contribution in [-0.2, 0) is 11.0 Å². The molecule has 1 aliphatic rings. The highest BCUT2D eigenvalue weighted by Gasteiger charge is 2.36. The molecule has 0 aromatic heterocycles. The van der Waals surface area contributed by atoms with Crippen molar-refractivity contribution >= 4 is 5.91 Å². The topological polar surface area (TPSA) is 55.1 Å². The summed E-state index contributed by atoms with van der Waals surface area (Å²) in [6, 6.07) is 1.50. The molecule has 1 aliphatic carbocycles. The number of halogens is 4. The molecule has 1 unspecified atom stereocenters. The number of amides is 1. The van der Waals surface area contributed by atoms with Crippen molar-refractivity contribution in [2.75, 3.05) is 0 Å². The van der Waals surface area contributed by atoms with E-state index in [-0.39, 0.29) is 11.6 Å². The number of carbonyl (C=O) groups is 1. The normalized spacial score (nSPS) is 17.3. The minimum absolute atomic E-state index is 0.0214. The van der Waals surface area contributed by atoms with Crippen molar-refractivity contribution in [3.8, 4) is 0 Å². The average Bonchev–Trinajstić information content (AvgIpc) is 3.09. The van der Waals surface area contributed by atoms with E-state index in [1.54, 1.807) is 0 Å². The highest BCUT2D eigenvalue weighted by atomic mass is 19.4. The van der Waals surface area contributed by atoms with Gasteiger partial charge >= 0.3 is 6.18 Å². The van der Waals surface area contributed by atoms with Crippen LogP contribution in [0.4, 0.5) is 17.6 Å². The van der Waals surface area contributed by atoms with Crippen LogP contribution in [-0.4, -0.2) is 11.9 Å². The SMILES string of the molecule is NC(=O)C(NC1CC1)c1ccc(F)c(C(F)(F)F)c1. The average molecular weight is 276 g/mol. The molecular weight excluding hydrogens is 264 g/mol. The van der Waals surface area contributed by atoms with E-state index in [1.165, 1.54) is 0 Å². The number of rotatable bonds is 4. The molecule has 0 spiro atoms. The zero-order valence-electron chi connectivity index (χ0n) is 9.80. The second-order valence-corrected chi connectivity index (χ2v) is 4.51. The lowest BCUT2D eigenvalue weighted by Gasteiger charge is -2.17. The molecule has 1 amide bonds. The first-order valence-corrected chi connectivity index (χ1v) is 5.71. The highest BCUT2D eigenvalue weighted by molar-refractivity contribution is 5.81. The lowest BCUT2D eigenvalue weighted by atomic mass is 10.0.